The highest BCUT2D eigenvalue weighted by Gasteiger charge is 2.46. The van der Waals surface area contributed by atoms with Gasteiger partial charge < -0.3 is 9.80 Å². The minimum atomic E-state index is -0.0808. The first-order valence-corrected chi connectivity index (χ1v) is 29.8. The Labute approximate surface area is 480 Å². The molecule has 0 radical (unpaired) electrons. The Hall–Kier alpha value is -7.40. The number of thiophene rings is 1. The van der Waals surface area contributed by atoms with Crippen molar-refractivity contribution in [2.45, 2.75) is 131 Å². The van der Waals surface area contributed by atoms with E-state index in [1.165, 1.54) is 137 Å². The Morgan fingerprint density at radius 3 is 1.39 bits per heavy atom. The minimum absolute atomic E-state index is 0.00401. The molecule has 0 spiro atoms. The zero-order chi connectivity index (χ0) is 56.2. The third-order valence-corrected chi connectivity index (χ3v) is 18.8. The first-order valence-electron chi connectivity index (χ1n) is 29.0. The van der Waals surface area contributed by atoms with E-state index in [2.05, 4.69) is 296 Å². The van der Waals surface area contributed by atoms with Crippen molar-refractivity contribution in [2.24, 2.45) is 0 Å². The monoisotopic (exact) mass is 1060 g/mol. The molecule has 3 heterocycles. The second-order valence-electron chi connectivity index (χ2n) is 28.3. The Bertz CT molecular complexity index is 4260. The number of benzene rings is 10. The summed E-state index contributed by atoms with van der Waals surface area (Å²) in [7, 11) is 0. The van der Waals surface area contributed by atoms with Gasteiger partial charge in [-0.15, -0.1) is 11.3 Å². The van der Waals surface area contributed by atoms with Crippen molar-refractivity contribution in [3.63, 3.8) is 0 Å². The summed E-state index contributed by atoms with van der Waals surface area (Å²) >= 11 is 1.99. The lowest BCUT2D eigenvalue weighted by Gasteiger charge is -2.44. The number of fused-ring (bicyclic) bond motifs is 12. The normalized spacial score (nSPS) is 13.9. The predicted octanol–water partition coefficient (Wildman–Crippen LogP) is 20.3. The molecular weight excluding hydrogens is 984 g/mol. The maximum absolute atomic E-state index is 2.69. The van der Waals surface area contributed by atoms with E-state index in [1.54, 1.807) is 0 Å². The Morgan fingerprint density at radius 2 is 0.812 bits per heavy atom. The number of hydrogen-bond donors (Lipinski definition) is 0. The molecule has 10 aromatic carbocycles. The van der Waals surface area contributed by atoms with Crippen LogP contribution in [0.25, 0.3) is 64.7 Å². The molecule has 2 nitrogen and oxygen atoms in total. The van der Waals surface area contributed by atoms with E-state index in [4.69, 9.17) is 0 Å². The van der Waals surface area contributed by atoms with Crippen LogP contribution in [0.15, 0.2) is 182 Å². The maximum atomic E-state index is 2.69. The van der Waals surface area contributed by atoms with Gasteiger partial charge in [0.2, 0.25) is 0 Å². The van der Waals surface area contributed by atoms with Gasteiger partial charge in [0.1, 0.15) is 0 Å². The highest BCUT2D eigenvalue weighted by atomic mass is 32.1. The van der Waals surface area contributed by atoms with Crippen molar-refractivity contribution in [1.29, 1.82) is 0 Å². The molecule has 0 saturated carbocycles. The van der Waals surface area contributed by atoms with Crippen molar-refractivity contribution in [2.75, 3.05) is 9.80 Å². The average Bonchev–Trinajstić information content (AvgIpc) is 4.02. The fourth-order valence-corrected chi connectivity index (χ4v) is 14.2. The van der Waals surface area contributed by atoms with E-state index in [0.29, 0.717) is 0 Å². The van der Waals surface area contributed by atoms with Gasteiger partial charge in [-0.1, -0.05) is 225 Å². The summed E-state index contributed by atoms with van der Waals surface area (Å²) in [5.41, 5.74) is 21.6. The molecule has 80 heavy (non-hydrogen) atoms. The number of hydrogen-bond acceptors (Lipinski definition) is 3. The third kappa shape index (κ3) is 8.50. The summed E-state index contributed by atoms with van der Waals surface area (Å²) in [4.78, 5) is 5.26. The fraction of sp³-hybridized carbons (Fsp3) is 0.263. The summed E-state index contributed by atoms with van der Waals surface area (Å²) in [5.74, 6) is 0. The summed E-state index contributed by atoms with van der Waals surface area (Å²) < 4.78 is 2.71. The second-order valence-corrected chi connectivity index (χ2v) is 29.4. The van der Waals surface area contributed by atoms with Crippen LogP contribution < -0.4 is 25.5 Å². The highest BCUT2D eigenvalue weighted by molar-refractivity contribution is 7.33. The largest absolute Gasteiger partial charge is 0.311 e. The highest BCUT2D eigenvalue weighted by Crippen LogP contribution is 2.52. The molecular formula is C76H75BN2S. The topological polar surface area (TPSA) is 6.48 Å². The van der Waals surface area contributed by atoms with Crippen molar-refractivity contribution < 1.29 is 0 Å². The molecule has 0 N–H and O–H groups in total. The molecule has 398 valence electrons. The van der Waals surface area contributed by atoms with Crippen LogP contribution in [-0.4, -0.2) is 6.71 Å². The van der Waals surface area contributed by atoms with Gasteiger partial charge in [0, 0.05) is 43.2 Å². The van der Waals surface area contributed by atoms with Crippen LogP contribution >= 0.6 is 11.3 Å². The van der Waals surface area contributed by atoms with Gasteiger partial charge in [0.15, 0.2) is 0 Å². The molecule has 1 aromatic heterocycles. The smallest absolute Gasteiger partial charge is 0.264 e. The first kappa shape index (κ1) is 52.0. The zero-order valence-electron chi connectivity index (χ0n) is 49.7. The first-order chi connectivity index (χ1) is 37.8. The van der Waals surface area contributed by atoms with Crippen LogP contribution in [0.1, 0.15) is 132 Å². The summed E-state index contributed by atoms with van der Waals surface area (Å²) in [5, 5.41) is 9.03. The summed E-state index contributed by atoms with van der Waals surface area (Å²) in [6, 6.07) is 71.1. The van der Waals surface area contributed by atoms with Gasteiger partial charge in [-0.2, -0.15) is 0 Å². The van der Waals surface area contributed by atoms with E-state index < -0.39 is 0 Å². The molecule has 11 aromatic rings. The molecule has 0 aliphatic carbocycles. The van der Waals surface area contributed by atoms with Crippen molar-refractivity contribution >= 4 is 110 Å². The molecule has 0 atom stereocenters. The Kier molecular flexibility index (Phi) is 11.7. The molecule has 0 saturated heterocycles. The van der Waals surface area contributed by atoms with Crippen LogP contribution in [0.3, 0.4) is 0 Å². The molecule has 0 unspecified atom stereocenters. The van der Waals surface area contributed by atoms with Crippen LogP contribution in [0.2, 0.25) is 0 Å². The lowest BCUT2D eigenvalue weighted by atomic mass is 9.36. The van der Waals surface area contributed by atoms with Gasteiger partial charge in [0.25, 0.3) is 6.71 Å². The Morgan fingerprint density at radius 1 is 0.325 bits per heavy atom. The molecule has 13 rings (SSSR count). The van der Waals surface area contributed by atoms with Crippen LogP contribution in [0.5, 0.6) is 0 Å². The van der Waals surface area contributed by atoms with Gasteiger partial charge >= 0.3 is 0 Å². The van der Waals surface area contributed by atoms with Crippen LogP contribution in [-0.2, 0) is 27.1 Å². The van der Waals surface area contributed by atoms with Crippen molar-refractivity contribution in [3.8, 4) is 22.3 Å². The van der Waals surface area contributed by atoms with Crippen molar-refractivity contribution in [3.05, 3.63) is 210 Å². The average molecular weight is 1060 g/mol. The van der Waals surface area contributed by atoms with Gasteiger partial charge in [-0.05, 0) is 175 Å². The van der Waals surface area contributed by atoms with E-state index in [-0.39, 0.29) is 33.8 Å². The molecule has 2 aliphatic rings. The fourth-order valence-electron chi connectivity index (χ4n) is 12.9. The molecule has 0 amide bonds. The maximum Gasteiger partial charge on any atom is 0.264 e. The standard InChI is InChI=1S/C76H75BN2S/c1-72(2,3)49-30-36-64(60(43-49)47-29-35-59-57-23-17-16-21-55(57)56-22-18-19-24-58(56)61(59)41-47)79-67-26-20-25-66-69(67)77(71-70(79)62-44-50(73(4,5)6)32-38-68(62)80-71)63-45-51(74(7,8)9)31-37-65(63)78(66)54-33-27-46(28-34-54)48-39-52(75(10,11)12)42-53(40-48)76(13,14)15/h16-45H,1-15H3. The quantitative estimate of drug-likeness (QED) is 0.128. The number of rotatable bonds is 4. The van der Waals surface area contributed by atoms with E-state index in [0.717, 1.165) is 5.69 Å². The van der Waals surface area contributed by atoms with Gasteiger partial charge in [-0.25, -0.2) is 0 Å². The molecule has 0 bridgehead atoms. The summed E-state index contributed by atoms with van der Waals surface area (Å²) in [6.45, 7) is 35.1. The predicted molar refractivity (Wildman–Crippen MR) is 353 cm³/mol. The zero-order valence-corrected chi connectivity index (χ0v) is 50.5. The van der Waals surface area contributed by atoms with E-state index in [1.807, 2.05) is 11.3 Å². The van der Waals surface area contributed by atoms with Gasteiger partial charge in [0.05, 0.1) is 11.4 Å². The number of nitrogens with zero attached hydrogens (tertiary/aromatic N) is 2. The molecule has 2 aliphatic heterocycles. The minimum Gasteiger partial charge on any atom is -0.311 e. The van der Waals surface area contributed by atoms with Crippen molar-refractivity contribution in [1.82, 2.24) is 0 Å². The summed E-state index contributed by atoms with van der Waals surface area (Å²) in [6.07, 6.45) is 0. The molecule has 4 heteroatoms. The third-order valence-electron chi connectivity index (χ3n) is 17.6. The lowest BCUT2D eigenvalue weighted by Crippen LogP contribution is -2.60. The molecule has 0 fully saturated rings. The second kappa shape index (κ2) is 18.1. The van der Waals surface area contributed by atoms with E-state index in [9.17, 15) is 0 Å². The van der Waals surface area contributed by atoms with Gasteiger partial charge in [-0.3, -0.25) is 0 Å². The van der Waals surface area contributed by atoms with Crippen LogP contribution in [0.4, 0.5) is 34.1 Å². The van der Waals surface area contributed by atoms with E-state index >= 15 is 0 Å². The lowest BCUT2D eigenvalue weighted by molar-refractivity contribution is 0.569. The number of anilines is 6. The van der Waals surface area contributed by atoms with Crippen LogP contribution in [0, 0.1) is 0 Å². The Balaban J connectivity index is 1.08. The SMILES string of the molecule is CC(C)(C)c1cc(-c2ccc(N3c4ccc(C(C)(C)C)cc4B4c5sc6ccc(C(C)(C)C)cc6c5N(c5ccc(C(C)(C)C)cc5-c5ccc6c7ccccc7c7ccccc7c6c5)c5cccc3c54)cc2)cc(C(C)(C)C)c1.